The molecule has 9 N–H and O–H groups in total. The summed E-state index contributed by atoms with van der Waals surface area (Å²) in [5.41, 5.74) is 3.30. The molecule has 0 saturated carbocycles. The van der Waals surface area contributed by atoms with E-state index in [0.717, 1.165) is 5.39 Å². The van der Waals surface area contributed by atoms with Gasteiger partial charge in [-0.2, -0.15) is 0 Å². The van der Waals surface area contributed by atoms with E-state index in [-0.39, 0.29) is 82.5 Å². The van der Waals surface area contributed by atoms with Crippen molar-refractivity contribution in [2.75, 3.05) is 0 Å². The Balaban J connectivity index is 1.26. The molecule has 51 heavy (non-hydrogen) atoms. The number of hydrogen-bond acceptors (Lipinski definition) is 10. The SMILES string of the molecule is Oc1ccc2c(Oc3cc(Cc4c(O)ccc5ccc(O)c(Cc6ccc(O)c(O)c6)c45)ccc3O)cc(O)c(Cc3ccc(O)c(O)c3)c2c1. The molecule has 7 aromatic rings. The molecule has 0 aliphatic rings. The quantitative estimate of drug-likeness (QED) is 0.0711. The summed E-state index contributed by atoms with van der Waals surface area (Å²) >= 11 is 0. The second-order valence-electron chi connectivity index (χ2n) is 12.4. The highest BCUT2D eigenvalue weighted by atomic mass is 16.5. The van der Waals surface area contributed by atoms with Crippen LogP contribution in [-0.2, 0) is 19.3 Å². The maximum Gasteiger partial charge on any atom is 0.169 e. The standard InChI is InChI=1S/C41H32O10/c42-25-6-7-26-27(19-25)28(13-21-1-8-33(45)37(49)16-21)36(48)20-39(26)51-40-18-23(3-10-35(40)47)15-30-32(44)12-5-24-4-11-31(43)29(41(24)30)14-22-2-9-34(46)38(50)17-22/h1-12,16-20,42-50H,13-15H2. The van der Waals surface area contributed by atoms with Gasteiger partial charge in [-0.3, -0.25) is 0 Å². The summed E-state index contributed by atoms with van der Waals surface area (Å²) < 4.78 is 6.21. The number of rotatable bonds is 8. The number of phenolic OH excluding ortho intramolecular Hbond substituents is 9. The van der Waals surface area contributed by atoms with Crippen LogP contribution in [0.5, 0.6) is 63.2 Å². The van der Waals surface area contributed by atoms with Crippen LogP contribution >= 0.6 is 0 Å². The zero-order valence-corrected chi connectivity index (χ0v) is 26.9. The molecule has 0 saturated heterocycles. The van der Waals surface area contributed by atoms with Crippen molar-refractivity contribution in [2.24, 2.45) is 0 Å². The Bertz CT molecular complexity index is 2480. The monoisotopic (exact) mass is 684 g/mol. The first-order chi connectivity index (χ1) is 24.4. The highest BCUT2D eigenvalue weighted by Gasteiger charge is 2.19. The van der Waals surface area contributed by atoms with Gasteiger partial charge in [-0.05, 0) is 99.6 Å². The number of aromatic hydroxyl groups is 9. The molecular weight excluding hydrogens is 652 g/mol. The molecule has 0 atom stereocenters. The Morgan fingerprint density at radius 3 is 1.43 bits per heavy atom. The lowest BCUT2D eigenvalue weighted by molar-refractivity contribution is 0.403. The van der Waals surface area contributed by atoms with Crippen molar-refractivity contribution in [1.29, 1.82) is 0 Å². The summed E-state index contributed by atoms with van der Waals surface area (Å²) in [7, 11) is 0. The van der Waals surface area contributed by atoms with Gasteiger partial charge in [-0.1, -0.05) is 30.3 Å². The molecule has 0 bridgehead atoms. The molecule has 0 amide bonds. The molecule has 256 valence electrons. The van der Waals surface area contributed by atoms with Crippen LogP contribution in [0.25, 0.3) is 21.5 Å². The van der Waals surface area contributed by atoms with Gasteiger partial charge in [0.2, 0.25) is 0 Å². The largest absolute Gasteiger partial charge is 0.508 e. The van der Waals surface area contributed by atoms with Crippen molar-refractivity contribution in [1.82, 2.24) is 0 Å². The van der Waals surface area contributed by atoms with Crippen LogP contribution in [0.3, 0.4) is 0 Å². The fourth-order valence-electron chi connectivity index (χ4n) is 6.44. The molecule has 10 heteroatoms. The third-order valence-electron chi connectivity index (χ3n) is 8.99. The molecule has 0 unspecified atom stereocenters. The second kappa shape index (κ2) is 12.8. The Labute approximate surface area is 290 Å². The van der Waals surface area contributed by atoms with E-state index in [1.165, 1.54) is 48.5 Å². The number of ether oxygens (including phenoxy) is 1. The summed E-state index contributed by atoms with van der Waals surface area (Å²) in [6.45, 7) is 0. The van der Waals surface area contributed by atoms with Gasteiger partial charge in [-0.15, -0.1) is 0 Å². The predicted molar refractivity (Wildman–Crippen MR) is 191 cm³/mol. The maximum absolute atomic E-state index is 11.2. The van der Waals surface area contributed by atoms with Gasteiger partial charge in [0.15, 0.2) is 34.5 Å². The Morgan fingerprint density at radius 2 is 0.863 bits per heavy atom. The highest BCUT2D eigenvalue weighted by molar-refractivity contribution is 5.95. The molecule has 0 fully saturated rings. The summed E-state index contributed by atoms with van der Waals surface area (Å²) in [6.07, 6.45) is 0.503. The topological polar surface area (TPSA) is 191 Å². The van der Waals surface area contributed by atoms with Crippen LogP contribution in [0.2, 0.25) is 0 Å². The van der Waals surface area contributed by atoms with Crippen LogP contribution in [0.15, 0.2) is 103 Å². The molecule has 7 rings (SSSR count). The Kier molecular flexibility index (Phi) is 8.20. The number of hydrogen-bond donors (Lipinski definition) is 9. The van der Waals surface area contributed by atoms with Crippen molar-refractivity contribution < 1.29 is 50.7 Å². The van der Waals surface area contributed by atoms with E-state index in [9.17, 15) is 46.0 Å². The number of fused-ring (bicyclic) bond motifs is 2. The van der Waals surface area contributed by atoms with Crippen LogP contribution in [0.1, 0.15) is 33.4 Å². The molecular formula is C41H32O10. The smallest absolute Gasteiger partial charge is 0.169 e. The van der Waals surface area contributed by atoms with Crippen LogP contribution in [0, 0.1) is 0 Å². The van der Waals surface area contributed by atoms with Gasteiger partial charge < -0.3 is 50.7 Å². The van der Waals surface area contributed by atoms with Crippen molar-refractivity contribution in [3.8, 4) is 63.2 Å². The minimum absolute atomic E-state index is 0.0139. The normalized spacial score (nSPS) is 11.3. The highest BCUT2D eigenvalue weighted by Crippen LogP contribution is 2.43. The van der Waals surface area contributed by atoms with E-state index in [1.54, 1.807) is 54.6 Å². The maximum atomic E-state index is 11.2. The number of benzene rings is 7. The average molecular weight is 685 g/mol. The van der Waals surface area contributed by atoms with Gasteiger partial charge in [0.1, 0.15) is 28.7 Å². The minimum Gasteiger partial charge on any atom is -0.508 e. The van der Waals surface area contributed by atoms with E-state index in [4.69, 9.17) is 4.74 Å². The number of phenols is 9. The van der Waals surface area contributed by atoms with Gasteiger partial charge in [-0.25, -0.2) is 0 Å². The lowest BCUT2D eigenvalue weighted by atomic mass is 9.90. The van der Waals surface area contributed by atoms with E-state index in [2.05, 4.69) is 0 Å². The van der Waals surface area contributed by atoms with Crippen LogP contribution in [0.4, 0.5) is 0 Å². The zero-order chi connectivity index (χ0) is 36.0. The fourth-order valence-corrected chi connectivity index (χ4v) is 6.44. The average Bonchev–Trinajstić information content (AvgIpc) is 3.10. The second-order valence-corrected chi connectivity index (χ2v) is 12.4. The van der Waals surface area contributed by atoms with Gasteiger partial charge in [0.05, 0.1) is 0 Å². The Morgan fingerprint density at radius 1 is 0.353 bits per heavy atom. The van der Waals surface area contributed by atoms with Crippen LogP contribution < -0.4 is 4.74 Å². The molecule has 0 spiro atoms. The van der Waals surface area contributed by atoms with Crippen LogP contribution in [-0.4, -0.2) is 46.0 Å². The summed E-state index contributed by atoms with van der Waals surface area (Å²) in [5, 5.41) is 96.3. The van der Waals surface area contributed by atoms with E-state index < -0.39 is 0 Å². The first kappa shape index (κ1) is 32.6. The zero-order valence-electron chi connectivity index (χ0n) is 26.9. The molecule has 0 radical (unpaired) electrons. The first-order valence-electron chi connectivity index (χ1n) is 15.9. The predicted octanol–water partition coefficient (Wildman–Crippen LogP) is 7.91. The third kappa shape index (κ3) is 6.33. The summed E-state index contributed by atoms with van der Waals surface area (Å²) in [6, 6.07) is 26.0. The molecule has 0 aliphatic heterocycles. The summed E-state index contributed by atoms with van der Waals surface area (Å²) in [4.78, 5) is 0. The molecule has 10 nitrogen and oxygen atoms in total. The van der Waals surface area contributed by atoms with Crippen molar-refractivity contribution in [3.63, 3.8) is 0 Å². The molecule has 0 aromatic heterocycles. The summed E-state index contributed by atoms with van der Waals surface area (Å²) in [5.74, 6) is -1.35. The van der Waals surface area contributed by atoms with E-state index in [1.807, 2.05) is 0 Å². The van der Waals surface area contributed by atoms with Gasteiger partial charge in [0.25, 0.3) is 0 Å². The van der Waals surface area contributed by atoms with Crippen molar-refractivity contribution in [3.05, 3.63) is 137 Å². The van der Waals surface area contributed by atoms with Crippen molar-refractivity contribution >= 4 is 21.5 Å². The minimum atomic E-state index is -0.308. The van der Waals surface area contributed by atoms with Crippen molar-refractivity contribution in [2.45, 2.75) is 19.3 Å². The lowest BCUT2D eigenvalue weighted by Crippen LogP contribution is -1.98. The first-order valence-corrected chi connectivity index (χ1v) is 15.9. The molecule has 0 heterocycles. The fraction of sp³-hybridized carbons (Fsp3) is 0.0732. The van der Waals surface area contributed by atoms with E-state index in [0.29, 0.717) is 49.5 Å². The molecule has 7 aromatic carbocycles. The van der Waals surface area contributed by atoms with Gasteiger partial charge in [0, 0.05) is 47.4 Å². The lowest BCUT2D eigenvalue weighted by Gasteiger charge is -2.17. The third-order valence-corrected chi connectivity index (χ3v) is 8.99. The Hall–Kier alpha value is -6.94. The van der Waals surface area contributed by atoms with Gasteiger partial charge >= 0.3 is 0 Å². The molecule has 0 aliphatic carbocycles. The van der Waals surface area contributed by atoms with E-state index >= 15 is 0 Å².